The molecule has 0 radical (unpaired) electrons. The predicted octanol–water partition coefficient (Wildman–Crippen LogP) is 0.369. The second-order valence-electron chi connectivity index (χ2n) is 4.36. The van der Waals surface area contributed by atoms with Crippen LogP contribution in [0, 0.1) is 0 Å². The molecule has 1 aromatic heterocycles. The molecule has 92 valence electrons. The van der Waals surface area contributed by atoms with Gasteiger partial charge in [-0.3, -0.25) is 4.79 Å². The molecular weight excluding hydrogens is 216 g/mol. The van der Waals surface area contributed by atoms with Crippen molar-refractivity contribution in [2.75, 3.05) is 25.0 Å². The van der Waals surface area contributed by atoms with E-state index in [-0.39, 0.29) is 0 Å². The molecule has 1 aromatic rings. The van der Waals surface area contributed by atoms with Crippen molar-refractivity contribution in [3.05, 3.63) is 23.9 Å². The highest BCUT2D eigenvalue weighted by Crippen LogP contribution is 2.16. The zero-order valence-electron chi connectivity index (χ0n) is 10.0. The standard InChI is InChI=1S/C12H18N4O/c1-16(9-4-3-7-14-8-9)11-6-2-5-10(15-11)12(13)17/h2,5-6,9,14H,3-4,7-8H2,1H3,(H2,13,17). The molecule has 0 aromatic carbocycles. The van der Waals surface area contributed by atoms with Gasteiger partial charge in [-0.15, -0.1) is 0 Å². The summed E-state index contributed by atoms with van der Waals surface area (Å²) in [7, 11) is 2.00. The van der Waals surface area contributed by atoms with E-state index in [1.807, 2.05) is 19.2 Å². The Morgan fingerprint density at radius 2 is 2.41 bits per heavy atom. The van der Waals surface area contributed by atoms with Gasteiger partial charge in [0.1, 0.15) is 11.5 Å². The van der Waals surface area contributed by atoms with Crippen molar-refractivity contribution < 1.29 is 4.79 Å². The van der Waals surface area contributed by atoms with Crippen LogP contribution in [0.2, 0.25) is 0 Å². The second kappa shape index (κ2) is 5.14. The highest BCUT2D eigenvalue weighted by molar-refractivity contribution is 5.91. The quantitative estimate of drug-likeness (QED) is 0.792. The number of piperidine rings is 1. The molecule has 0 bridgehead atoms. The average molecular weight is 234 g/mol. The Morgan fingerprint density at radius 3 is 3.06 bits per heavy atom. The van der Waals surface area contributed by atoms with E-state index >= 15 is 0 Å². The number of anilines is 1. The fourth-order valence-corrected chi connectivity index (χ4v) is 2.11. The number of primary amides is 1. The third kappa shape index (κ3) is 2.74. The first-order chi connectivity index (χ1) is 8.18. The van der Waals surface area contributed by atoms with Crippen molar-refractivity contribution in [1.82, 2.24) is 10.3 Å². The van der Waals surface area contributed by atoms with Gasteiger partial charge in [0.05, 0.1) is 0 Å². The molecule has 1 saturated heterocycles. The summed E-state index contributed by atoms with van der Waals surface area (Å²) in [4.78, 5) is 17.5. The Hall–Kier alpha value is -1.62. The van der Waals surface area contributed by atoms with Gasteiger partial charge in [0.15, 0.2) is 0 Å². The number of aromatic nitrogens is 1. The molecule has 5 nitrogen and oxygen atoms in total. The Balaban J connectivity index is 2.14. The van der Waals surface area contributed by atoms with E-state index in [9.17, 15) is 4.79 Å². The molecule has 1 fully saturated rings. The van der Waals surface area contributed by atoms with Crippen LogP contribution >= 0.6 is 0 Å². The lowest BCUT2D eigenvalue weighted by molar-refractivity contribution is 0.0995. The van der Waals surface area contributed by atoms with Crippen molar-refractivity contribution in [2.45, 2.75) is 18.9 Å². The van der Waals surface area contributed by atoms with Crippen LogP contribution in [0.15, 0.2) is 18.2 Å². The summed E-state index contributed by atoms with van der Waals surface area (Å²) < 4.78 is 0. The van der Waals surface area contributed by atoms with Crippen LogP contribution in [-0.4, -0.2) is 37.1 Å². The molecule has 3 N–H and O–H groups in total. The third-order valence-electron chi connectivity index (χ3n) is 3.17. The summed E-state index contributed by atoms with van der Waals surface area (Å²) in [6, 6.07) is 5.79. The molecule has 0 spiro atoms. The number of nitrogens with zero attached hydrogens (tertiary/aromatic N) is 2. The monoisotopic (exact) mass is 234 g/mol. The Bertz CT molecular complexity index is 401. The minimum atomic E-state index is -0.484. The number of carbonyl (C=O) groups excluding carboxylic acids is 1. The number of rotatable bonds is 3. The number of pyridine rings is 1. The van der Waals surface area contributed by atoms with Gasteiger partial charge in [0.25, 0.3) is 5.91 Å². The second-order valence-corrected chi connectivity index (χ2v) is 4.36. The van der Waals surface area contributed by atoms with Crippen LogP contribution in [0.25, 0.3) is 0 Å². The van der Waals surface area contributed by atoms with Crippen LogP contribution in [-0.2, 0) is 0 Å². The van der Waals surface area contributed by atoms with Crippen molar-refractivity contribution in [3.8, 4) is 0 Å². The molecule has 0 saturated carbocycles. The van der Waals surface area contributed by atoms with Crippen molar-refractivity contribution in [1.29, 1.82) is 0 Å². The smallest absolute Gasteiger partial charge is 0.267 e. The van der Waals surface area contributed by atoms with Crippen LogP contribution in [0.1, 0.15) is 23.3 Å². The van der Waals surface area contributed by atoms with Gasteiger partial charge >= 0.3 is 0 Å². The highest BCUT2D eigenvalue weighted by atomic mass is 16.1. The van der Waals surface area contributed by atoms with Crippen LogP contribution < -0.4 is 16.0 Å². The molecule has 1 unspecified atom stereocenters. The first kappa shape index (κ1) is 11.9. The molecule has 1 amide bonds. The lowest BCUT2D eigenvalue weighted by Gasteiger charge is -2.32. The van der Waals surface area contributed by atoms with Gasteiger partial charge in [0.2, 0.25) is 0 Å². The number of nitrogens with two attached hydrogens (primary N) is 1. The fourth-order valence-electron chi connectivity index (χ4n) is 2.11. The van der Waals surface area contributed by atoms with Gasteiger partial charge in [-0.2, -0.15) is 0 Å². The summed E-state index contributed by atoms with van der Waals surface area (Å²) in [5.74, 6) is 0.317. The van der Waals surface area contributed by atoms with Crippen LogP contribution in [0.5, 0.6) is 0 Å². The molecular formula is C12H18N4O. The van der Waals surface area contributed by atoms with Crippen LogP contribution in [0.4, 0.5) is 5.82 Å². The summed E-state index contributed by atoms with van der Waals surface area (Å²) in [5.41, 5.74) is 5.55. The normalized spacial score (nSPS) is 19.9. The average Bonchev–Trinajstić information content (AvgIpc) is 2.39. The maximum Gasteiger partial charge on any atom is 0.267 e. The summed E-state index contributed by atoms with van der Waals surface area (Å²) >= 11 is 0. The lowest BCUT2D eigenvalue weighted by atomic mass is 10.1. The van der Waals surface area contributed by atoms with Crippen molar-refractivity contribution in [2.24, 2.45) is 5.73 Å². The molecule has 17 heavy (non-hydrogen) atoms. The largest absolute Gasteiger partial charge is 0.364 e. The van der Waals surface area contributed by atoms with Gasteiger partial charge in [-0.1, -0.05) is 6.07 Å². The maximum atomic E-state index is 11.1. The van der Waals surface area contributed by atoms with Gasteiger partial charge < -0.3 is 16.0 Å². The molecule has 5 heteroatoms. The zero-order valence-corrected chi connectivity index (χ0v) is 10.0. The minimum absolute atomic E-state index is 0.318. The Labute approximate surface area is 101 Å². The molecule has 2 heterocycles. The molecule has 1 atom stereocenters. The molecule has 1 aliphatic rings. The zero-order chi connectivity index (χ0) is 12.3. The van der Waals surface area contributed by atoms with E-state index < -0.39 is 5.91 Å². The van der Waals surface area contributed by atoms with Gasteiger partial charge in [-0.05, 0) is 31.5 Å². The molecule has 0 aliphatic carbocycles. The predicted molar refractivity (Wildman–Crippen MR) is 67.0 cm³/mol. The number of carbonyl (C=O) groups is 1. The van der Waals surface area contributed by atoms with Crippen molar-refractivity contribution >= 4 is 11.7 Å². The van der Waals surface area contributed by atoms with E-state index in [4.69, 9.17) is 5.73 Å². The number of likely N-dealkylation sites (N-methyl/N-ethyl adjacent to an activating group) is 1. The first-order valence-corrected chi connectivity index (χ1v) is 5.89. The summed E-state index contributed by atoms with van der Waals surface area (Å²) in [6.07, 6.45) is 2.32. The summed E-state index contributed by atoms with van der Waals surface area (Å²) in [5, 5.41) is 3.36. The highest BCUT2D eigenvalue weighted by Gasteiger charge is 2.19. The van der Waals surface area contributed by atoms with E-state index in [1.165, 1.54) is 6.42 Å². The number of nitrogens with one attached hydrogen (secondary N) is 1. The first-order valence-electron chi connectivity index (χ1n) is 5.89. The number of hydrogen-bond donors (Lipinski definition) is 2. The Morgan fingerprint density at radius 1 is 1.59 bits per heavy atom. The Kier molecular flexibility index (Phi) is 3.58. The fraction of sp³-hybridized carbons (Fsp3) is 0.500. The molecule has 2 rings (SSSR count). The van der Waals surface area contributed by atoms with Crippen molar-refractivity contribution in [3.63, 3.8) is 0 Å². The third-order valence-corrected chi connectivity index (χ3v) is 3.17. The van der Waals surface area contributed by atoms with Gasteiger partial charge in [-0.25, -0.2) is 4.98 Å². The summed E-state index contributed by atoms with van der Waals surface area (Å²) in [6.45, 7) is 2.04. The number of amides is 1. The minimum Gasteiger partial charge on any atom is -0.364 e. The number of hydrogen-bond acceptors (Lipinski definition) is 4. The van der Waals surface area contributed by atoms with Crippen LogP contribution in [0.3, 0.4) is 0 Å². The van der Waals surface area contributed by atoms with E-state index in [0.29, 0.717) is 11.7 Å². The van der Waals surface area contributed by atoms with Gasteiger partial charge in [0, 0.05) is 19.6 Å². The van der Waals surface area contributed by atoms with E-state index in [2.05, 4.69) is 15.2 Å². The maximum absolute atomic E-state index is 11.1. The SMILES string of the molecule is CN(c1cccc(C(N)=O)n1)C1CCCNC1. The lowest BCUT2D eigenvalue weighted by Crippen LogP contribution is -2.44. The molecule has 1 aliphatic heterocycles. The topological polar surface area (TPSA) is 71.2 Å². The van der Waals surface area contributed by atoms with E-state index in [1.54, 1.807) is 6.07 Å². The van der Waals surface area contributed by atoms with E-state index in [0.717, 1.165) is 25.3 Å².